The molecule has 0 aromatic carbocycles. The van der Waals surface area contributed by atoms with Gasteiger partial charge < -0.3 is 0 Å². The topological polar surface area (TPSA) is 0 Å². The molecule has 0 rings (SSSR count). The Hall–Kier alpha value is -0.170. The van der Waals surface area contributed by atoms with Crippen LogP contribution in [-0.2, 0) is 0 Å². The fraction of sp³-hybridized carbons (Fsp3) is 0.625. The maximum Gasteiger partial charge on any atom is 0.0147 e. The molecule has 0 aliphatic heterocycles. The summed E-state index contributed by atoms with van der Waals surface area (Å²) in [6, 6.07) is 0. The van der Waals surface area contributed by atoms with Crippen LogP contribution < -0.4 is 0 Å². The summed E-state index contributed by atoms with van der Waals surface area (Å²) >= 11 is 4.97. The molecule has 0 aromatic heterocycles. The summed E-state index contributed by atoms with van der Waals surface area (Å²) in [7, 11) is 0. The zero-order valence-corrected chi connectivity index (χ0v) is 7.38. The van der Waals surface area contributed by atoms with Crippen molar-refractivity contribution < 1.29 is 0 Å². The van der Waals surface area contributed by atoms with Crippen LogP contribution in [0.1, 0.15) is 27.7 Å². The van der Waals surface area contributed by atoms with E-state index in [0.717, 1.165) is 4.86 Å². The van der Waals surface area contributed by atoms with Gasteiger partial charge in [-0.05, 0) is 25.3 Å². The van der Waals surface area contributed by atoms with Gasteiger partial charge in [0.25, 0.3) is 0 Å². The van der Waals surface area contributed by atoms with E-state index in [0.29, 0.717) is 5.92 Å². The molecule has 0 bridgehead atoms. The van der Waals surface area contributed by atoms with Crippen molar-refractivity contribution in [3.05, 3.63) is 11.6 Å². The summed E-state index contributed by atoms with van der Waals surface area (Å²) in [5.41, 5.74) is 1.24. The monoisotopic (exact) mass is 142 g/mol. The SMILES string of the molecule is CC(=S)/C(C)=C\C(C)C. The molecule has 0 N–H and O–H groups in total. The molecule has 0 radical (unpaired) electrons. The molecule has 0 heterocycles. The Morgan fingerprint density at radius 2 is 1.78 bits per heavy atom. The molecule has 0 aliphatic carbocycles. The molecule has 0 saturated heterocycles. The fourth-order valence-electron chi connectivity index (χ4n) is 0.617. The normalized spacial score (nSPS) is 12.3. The van der Waals surface area contributed by atoms with Crippen LogP contribution in [-0.4, -0.2) is 4.86 Å². The summed E-state index contributed by atoms with van der Waals surface area (Å²) in [5.74, 6) is 0.614. The summed E-state index contributed by atoms with van der Waals surface area (Å²) in [6.45, 7) is 8.33. The van der Waals surface area contributed by atoms with Crippen LogP contribution in [0.5, 0.6) is 0 Å². The van der Waals surface area contributed by atoms with Crippen molar-refractivity contribution >= 4 is 17.1 Å². The van der Waals surface area contributed by atoms with Crippen molar-refractivity contribution in [2.24, 2.45) is 5.92 Å². The first-order chi connectivity index (χ1) is 4.04. The van der Waals surface area contributed by atoms with E-state index in [4.69, 9.17) is 12.2 Å². The summed E-state index contributed by atoms with van der Waals surface area (Å²) in [5, 5.41) is 0. The highest BCUT2D eigenvalue weighted by atomic mass is 32.1. The molecular weight excluding hydrogens is 128 g/mol. The summed E-state index contributed by atoms with van der Waals surface area (Å²) in [4.78, 5) is 1.00. The van der Waals surface area contributed by atoms with E-state index in [1.165, 1.54) is 5.57 Å². The Labute approximate surface area is 63.0 Å². The fourth-order valence-corrected chi connectivity index (χ4v) is 0.685. The van der Waals surface area contributed by atoms with Gasteiger partial charge in [-0.25, -0.2) is 0 Å². The second-order valence-electron chi connectivity index (χ2n) is 2.65. The molecule has 0 aromatic rings. The molecule has 0 nitrogen and oxygen atoms in total. The van der Waals surface area contributed by atoms with E-state index in [-0.39, 0.29) is 0 Å². The third-order valence-electron chi connectivity index (χ3n) is 1.14. The van der Waals surface area contributed by atoms with Crippen molar-refractivity contribution in [1.29, 1.82) is 0 Å². The van der Waals surface area contributed by atoms with Crippen LogP contribution in [0.2, 0.25) is 0 Å². The van der Waals surface area contributed by atoms with Crippen LogP contribution >= 0.6 is 12.2 Å². The smallest absolute Gasteiger partial charge is 0.0147 e. The standard InChI is InChI=1S/C8H14S/c1-6(2)5-7(3)8(4)9/h5-6H,1-4H3/b7-5-. The lowest BCUT2D eigenvalue weighted by molar-refractivity contribution is 0.827. The number of hydrogen-bond acceptors (Lipinski definition) is 1. The van der Waals surface area contributed by atoms with E-state index in [2.05, 4.69) is 26.8 Å². The molecule has 0 saturated carbocycles. The van der Waals surface area contributed by atoms with Gasteiger partial charge in [0, 0.05) is 4.86 Å². The molecule has 0 amide bonds. The van der Waals surface area contributed by atoms with Crippen molar-refractivity contribution in [3.8, 4) is 0 Å². The number of rotatable bonds is 2. The van der Waals surface area contributed by atoms with Gasteiger partial charge in [-0.3, -0.25) is 0 Å². The van der Waals surface area contributed by atoms with Gasteiger partial charge >= 0.3 is 0 Å². The summed E-state index contributed by atoms with van der Waals surface area (Å²) in [6.07, 6.45) is 2.18. The lowest BCUT2D eigenvalue weighted by Crippen LogP contribution is -1.90. The molecule has 0 spiro atoms. The lowest BCUT2D eigenvalue weighted by atomic mass is 10.1. The van der Waals surface area contributed by atoms with Crippen molar-refractivity contribution in [3.63, 3.8) is 0 Å². The average Bonchev–Trinajstić information content (AvgIpc) is 1.63. The molecular formula is C8H14S. The highest BCUT2D eigenvalue weighted by Crippen LogP contribution is 2.02. The number of thiocarbonyl (C=S) groups is 1. The predicted molar refractivity (Wildman–Crippen MR) is 46.9 cm³/mol. The van der Waals surface area contributed by atoms with Crippen LogP contribution in [0, 0.1) is 5.92 Å². The summed E-state index contributed by atoms with van der Waals surface area (Å²) < 4.78 is 0. The van der Waals surface area contributed by atoms with Crippen LogP contribution in [0.3, 0.4) is 0 Å². The average molecular weight is 142 g/mol. The molecule has 0 atom stereocenters. The molecule has 0 unspecified atom stereocenters. The Bertz CT molecular complexity index is 132. The lowest BCUT2D eigenvalue weighted by Gasteiger charge is -1.98. The Kier molecular flexibility index (Phi) is 3.71. The Morgan fingerprint density at radius 3 is 1.89 bits per heavy atom. The van der Waals surface area contributed by atoms with Gasteiger partial charge in [-0.1, -0.05) is 32.1 Å². The van der Waals surface area contributed by atoms with Crippen LogP contribution in [0.15, 0.2) is 11.6 Å². The number of allylic oxidation sites excluding steroid dienone is 2. The maximum atomic E-state index is 4.97. The zero-order valence-electron chi connectivity index (χ0n) is 6.56. The van der Waals surface area contributed by atoms with Crippen molar-refractivity contribution in [2.45, 2.75) is 27.7 Å². The highest BCUT2D eigenvalue weighted by Gasteiger charge is 1.91. The van der Waals surface area contributed by atoms with Gasteiger partial charge in [0.15, 0.2) is 0 Å². The minimum Gasteiger partial charge on any atom is -0.0850 e. The largest absolute Gasteiger partial charge is 0.0850 e. The number of hydrogen-bond donors (Lipinski definition) is 0. The van der Waals surface area contributed by atoms with E-state index < -0.39 is 0 Å². The Morgan fingerprint density at radius 1 is 1.33 bits per heavy atom. The molecule has 0 fully saturated rings. The first-order valence-corrected chi connectivity index (χ1v) is 3.64. The maximum absolute atomic E-state index is 4.97. The van der Waals surface area contributed by atoms with E-state index in [1.807, 2.05) is 6.92 Å². The van der Waals surface area contributed by atoms with Crippen molar-refractivity contribution in [1.82, 2.24) is 0 Å². The predicted octanol–water partition coefficient (Wildman–Crippen LogP) is 2.98. The zero-order chi connectivity index (χ0) is 7.44. The molecule has 9 heavy (non-hydrogen) atoms. The second-order valence-corrected chi connectivity index (χ2v) is 3.26. The van der Waals surface area contributed by atoms with Gasteiger partial charge in [0.1, 0.15) is 0 Å². The van der Waals surface area contributed by atoms with Crippen molar-refractivity contribution in [2.75, 3.05) is 0 Å². The van der Waals surface area contributed by atoms with E-state index in [9.17, 15) is 0 Å². The van der Waals surface area contributed by atoms with Gasteiger partial charge in [0.05, 0.1) is 0 Å². The Balaban J connectivity index is 4.00. The first-order valence-electron chi connectivity index (χ1n) is 3.23. The van der Waals surface area contributed by atoms with E-state index >= 15 is 0 Å². The molecule has 1 heteroatoms. The minimum absolute atomic E-state index is 0.614. The quantitative estimate of drug-likeness (QED) is 0.422. The van der Waals surface area contributed by atoms with E-state index in [1.54, 1.807) is 0 Å². The minimum atomic E-state index is 0.614. The molecule has 0 aliphatic rings. The van der Waals surface area contributed by atoms with Crippen LogP contribution in [0.25, 0.3) is 0 Å². The van der Waals surface area contributed by atoms with Gasteiger partial charge in [-0.2, -0.15) is 0 Å². The second kappa shape index (κ2) is 3.78. The van der Waals surface area contributed by atoms with Gasteiger partial charge in [0.2, 0.25) is 0 Å². The van der Waals surface area contributed by atoms with Crippen LogP contribution in [0.4, 0.5) is 0 Å². The first kappa shape index (κ1) is 8.83. The van der Waals surface area contributed by atoms with Gasteiger partial charge in [-0.15, -0.1) is 0 Å². The third-order valence-corrected chi connectivity index (χ3v) is 1.46. The molecule has 52 valence electrons. The highest BCUT2D eigenvalue weighted by molar-refractivity contribution is 7.80. The third kappa shape index (κ3) is 4.34.